The molecule has 10 spiro atoms. The predicted molar refractivity (Wildman–Crippen MR) is 396 cm³/mol. The number of hydrogen-bond donors (Lipinski definition) is 0. The standard InChI is InChI=1S/C13H16O5.2C13H18O5.2C12H16O5.C12H18O5.C11H16O5/c14-10-4-7-2-1-3-12-6-8-5-9(16-10)13(7,12)18-11(15-8)17-12;1-11-16-6-5-12(17-11)4-2-3-9-7-10(14)15-8-13(9,12)18-11;1-12-15-6-5-9-13(18-12)8(7-11(14)16-9)3-2-4-10(13)17-12;13-9-6-8-2-1-3-11-4-5-14-10(16-11)17-12(8,11)7-15-9;13-10-6-7-2-1-3-8-12(7)9(15-10)4-5-14-11(16-8)17-12;1-11(14-2)16-9-5-3-4-8-6-10(13)15-7-12(8,9)17-11;1-13-10-15-8-4-2-3-7-5-9(12)14-6-11(7,8)16-10/h7-9,11H,1-6H2;9H,2-8H2,1H3;8-10H,2-7H2,1H3;8,10H,1-7H2;7-9,11H,1-6H2;8-9H,3-7H2,1-2H3;7-8,10H,2-6H2,1H3. The van der Waals surface area contributed by atoms with Gasteiger partial charge in [-0.1, -0.05) is 44.9 Å². The van der Waals surface area contributed by atoms with Crippen LogP contribution in [0.5, 0.6) is 0 Å². The lowest BCUT2D eigenvalue weighted by Gasteiger charge is -2.59. The minimum Gasteiger partial charge on any atom is -0.462 e. The van der Waals surface area contributed by atoms with Gasteiger partial charge in [-0.15, -0.1) is 0 Å². The van der Waals surface area contributed by atoms with Gasteiger partial charge in [0.15, 0.2) is 0 Å². The van der Waals surface area contributed by atoms with E-state index in [2.05, 4.69) is 0 Å². The molecule has 11 bridgehead atoms. The van der Waals surface area contributed by atoms with E-state index in [9.17, 15) is 33.6 Å². The zero-order valence-corrected chi connectivity index (χ0v) is 70.0. The third kappa shape index (κ3) is 13.4. The summed E-state index contributed by atoms with van der Waals surface area (Å²) < 4.78 is 160. The average Bonchev–Trinajstić information content (AvgIpc) is 1.53. The second-order valence-electron chi connectivity index (χ2n) is 38.9. The molecule has 0 radical (unpaired) electrons. The Labute approximate surface area is 701 Å². The first-order chi connectivity index (χ1) is 58.3. The SMILES string of the molecule is CC12OCCC3(CCCC4CC(=O)OCC43O1)O2.CC12OCCC3OC(=O)CC4CCCC(O1)C43O2.COC1(C)OC2CCCC3CC(=O)OCC32O1.COC1OC2CCCC3CC(=O)OCC32O1.O=C1CC2CCCC34CC5CC(O1)C23OC(O5)O4.O=C1CC2CCCC34CCOC(O3)OC24CO1.O=C1CC2CCCC3OC4OCCC(O1)C23O4. The second kappa shape index (κ2) is 30.8. The molecule has 8 aliphatic carbocycles. The van der Waals surface area contributed by atoms with Gasteiger partial charge in [0.1, 0.15) is 101 Å². The molecule has 0 N–H and O–H groups in total. The number of carbonyl (C=O) groups excluding carboxylic acids is 7. The quantitative estimate of drug-likeness (QED) is 0.188. The van der Waals surface area contributed by atoms with Crippen LogP contribution in [0.2, 0.25) is 0 Å². The monoisotopic (exact) mass is 1710 g/mol. The minimum absolute atomic E-state index is 0.000324. The third-order valence-electron chi connectivity index (χ3n) is 32.9. The van der Waals surface area contributed by atoms with E-state index in [1.807, 2.05) is 13.8 Å². The zero-order chi connectivity index (χ0) is 83.0. The Morgan fingerprint density at radius 1 is 0.339 bits per heavy atom. The Kier molecular flexibility index (Phi) is 21.2. The molecule has 121 heavy (non-hydrogen) atoms. The highest BCUT2D eigenvalue weighted by molar-refractivity contribution is 5.74. The van der Waals surface area contributed by atoms with Gasteiger partial charge < -0.3 is 133 Å². The van der Waals surface area contributed by atoms with Gasteiger partial charge in [0.2, 0.25) is 0 Å². The first-order valence-electron chi connectivity index (χ1n) is 45.3. The molecule has 35 nitrogen and oxygen atoms in total. The van der Waals surface area contributed by atoms with Crippen molar-refractivity contribution in [3.05, 3.63) is 0 Å². The summed E-state index contributed by atoms with van der Waals surface area (Å²) >= 11 is 0. The fourth-order valence-corrected chi connectivity index (χ4v) is 27.8. The Hall–Kier alpha value is -4.55. The molecule has 0 aromatic rings. The van der Waals surface area contributed by atoms with Gasteiger partial charge in [-0.05, 0) is 89.9 Å². The Balaban J connectivity index is 0.0000000872. The summed E-state index contributed by atoms with van der Waals surface area (Å²) in [6, 6.07) is 0. The normalized spacial score (nSPS) is 53.1. The zero-order valence-electron chi connectivity index (χ0n) is 70.0. The fraction of sp³-hybridized carbons (Fsp3) is 0.919. The van der Waals surface area contributed by atoms with Crippen molar-refractivity contribution in [3.8, 4) is 0 Å². The summed E-state index contributed by atoms with van der Waals surface area (Å²) in [5.41, 5.74) is -4.02. The molecule has 35 heteroatoms. The summed E-state index contributed by atoms with van der Waals surface area (Å²) in [5.74, 6) is -2.13. The van der Waals surface area contributed by atoms with Gasteiger partial charge in [0.25, 0.3) is 43.8 Å². The van der Waals surface area contributed by atoms with Crippen molar-refractivity contribution < 1.29 is 166 Å². The third-order valence-corrected chi connectivity index (χ3v) is 32.9. The lowest BCUT2D eigenvalue weighted by molar-refractivity contribution is -0.362. The van der Waals surface area contributed by atoms with Gasteiger partial charge in [-0.25, -0.2) is 0 Å². The van der Waals surface area contributed by atoms with E-state index in [1.54, 1.807) is 21.1 Å². The van der Waals surface area contributed by atoms with E-state index in [0.717, 1.165) is 167 Å². The van der Waals surface area contributed by atoms with Crippen LogP contribution in [0.3, 0.4) is 0 Å². The molecule has 0 aromatic heterocycles. The van der Waals surface area contributed by atoms with Crippen molar-refractivity contribution in [1.82, 2.24) is 0 Å². The highest BCUT2D eigenvalue weighted by atomic mass is 16.9. The maximum atomic E-state index is 11.8. The maximum absolute atomic E-state index is 11.8. The number of ether oxygens (including phenoxy) is 28. The van der Waals surface area contributed by atoms with E-state index >= 15 is 0 Å². The van der Waals surface area contributed by atoms with Crippen LogP contribution >= 0.6 is 0 Å². The summed E-state index contributed by atoms with van der Waals surface area (Å²) in [7, 11) is 3.13. The lowest BCUT2D eigenvalue weighted by atomic mass is 9.55. The number of rotatable bonds is 2. The molecule has 32 atom stereocenters. The van der Waals surface area contributed by atoms with Gasteiger partial charge >= 0.3 is 41.8 Å². The van der Waals surface area contributed by atoms with E-state index in [1.165, 1.54) is 0 Å². The van der Waals surface area contributed by atoms with E-state index in [-0.39, 0.29) is 149 Å². The highest BCUT2D eigenvalue weighted by Crippen LogP contribution is 2.67. The molecular weight excluding hydrogens is 1590 g/mol. The van der Waals surface area contributed by atoms with Crippen LogP contribution in [0.25, 0.3) is 0 Å². The highest BCUT2D eigenvalue weighted by Gasteiger charge is 2.79. The second-order valence-corrected chi connectivity index (χ2v) is 38.9. The van der Waals surface area contributed by atoms with Crippen LogP contribution in [0, 0.1) is 41.4 Å². The van der Waals surface area contributed by atoms with Crippen LogP contribution in [-0.4, -0.2) is 258 Å². The van der Waals surface area contributed by atoms with Crippen LogP contribution < -0.4 is 0 Å². The molecule has 19 aliphatic heterocycles. The van der Waals surface area contributed by atoms with Crippen LogP contribution in [-0.2, 0) is 166 Å². The number of fused-ring (bicyclic) bond motifs is 6. The summed E-state index contributed by atoms with van der Waals surface area (Å²) in [6.07, 6.45) is 29.0. The number of carbonyl (C=O) groups is 7. The van der Waals surface area contributed by atoms with Crippen molar-refractivity contribution in [2.75, 3.05) is 67.1 Å². The molecule has 8 saturated carbocycles. The topological polar surface area (TPSA) is 378 Å². The van der Waals surface area contributed by atoms with Crippen molar-refractivity contribution in [2.45, 2.75) is 388 Å². The van der Waals surface area contributed by atoms with Gasteiger partial charge in [0, 0.05) is 115 Å². The van der Waals surface area contributed by atoms with Crippen molar-refractivity contribution in [3.63, 3.8) is 0 Å². The fourth-order valence-electron chi connectivity index (χ4n) is 27.8. The molecule has 672 valence electrons. The number of methoxy groups -OCH3 is 2. The largest absolute Gasteiger partial charge is 0.462 e. The van der Waals surface area contributed by atoms with E-state index < -0.39 is 83.0 Å². The van der Waals surface area contributed by atoms with Crippen molar-refractivity contribution >= 4 is 41.8 Å². The van der Waals surface area contributed by atoms with Gasteiger partial charge in [-0.2, -0.15) is 0 Å². The molecule has 27 fully saturated rings. The molecular formula is C86H118O35. The first kappa shape index (κ1) is 83.4. The van der Waals surface area contributed by atoms with Gasteiger partial charge in [-0.3, -0.25) is 33.6 Å². The lowest BCUT2D eigenvalue weighted by Crippen LogP contribution is -2.72. The molecule has 27 rings (SSSR count). The van der Waals surface area contributed by atoms with Crippen LogP contribution in [0.15, 0.2) is 0 Å². The maximum Gasteiger partial charge on any atom is 0.306 e. The molecule has 19 heterocycles. The van der Waals surface area contributed by atoms with E-state index in [0.29, 0.717) is 104 Å². The van der Waals surface area contributed by atoms with Gasteiger partial charge in [0.05, 0.1) is 102 Å². The summed E-state index contributed by atoms with van der Waals surface area (Å²) in [4.78, 5) is 80.8. The molecule has 27 aliphatic rings. The smallest absolute Gasteiger partial charge is 0.306 e. The summed E-state index contributed by atoms with van der Waals surface area (Å²) in [6.45, 7) is 6.79. The molecule has 0 amide bonds. The van der Waals surface area contributed by atoms with Crippen molar-refractivity contribution in [1.29, 1.82) is 0 Å². The Bertz CT molecular complexity index is 3970. The predicted octanol–water partition coefficient (Wildman–Crippen LogP) is 7.75. The Morgan fingerprint density at radius 3 is 1.61 bits per heavy atom. The van der Waals surface area contributed by atoms with Crippen LogP contribution in [0.4, 0.5) is 0 Å². The summed E-state index contributed by atoms with van der Waals surface area (Å²) in [5, 5.41) is 0. The molecule has 32 unspecified atom stereocenters. The molecule has 0 aromatic carbocycles. The number of esters is 7. The van der Waals surface area contributed by atoms with E-state index in [4.69, 9.17) is 133 Å². The average molecular weight is 1710 g/mol. The minimum atomic E-state index is -1.00. The number of cyclic esters (lactones) is 4. The van der Waals surface area contributed by atoms with Crippen LogP contribution in [0.1, 0.15) is 239 Å². The molecule has 19 saturated heterocycles. The first-order valence-corrected chi connectivity index (χ1v) is 45.3. The van der Waals surface area contributed by atoms with Crippen molar-refractivity contribution in [2.24, 2.45) is 41.4 Å². The number of hydrogen-bond acceptors (Lipinski definition) is 35. The Morgan fingerprint density at radius 2 is 0.884 bits per heavy atom.